The van der Waals surface area contributed by atoms with Gasteiger partial charge in [-0.15, -0.1) is 21.5 Å². The molecule has 0 saturated heterocycles. The van der Waals surface area contributed by atoms with Crippen molar-refractivity contribution in [1.29, 1.82) is 0 Å². The lowest BCUT2D eigenvalue weighted by atomic mass is 10.0. The number of thiophene rings is 1. The van der Waals surface area contributed by atoms with E-state index >= 15 is 0 Å². The number of esters is 1. The molecule has 12 heteroatoms. The van der Waals surface area contributed by atoms with Gasteiger partial charge in [-0.3, -0.25) is 9.36 Å². The van der Waals surface area contributed by atoms with Gasteiger partial charge >= 0.3 is 5.97 Å². The van der Waals surface area contributed by atoms with Crippen molar-refractivity contribution in [3.05, 3.63) is 29.1 Å². The molecule has 3 heterocycles. The lowest BCUT2D eigenvalue weighted by molar-refractivity contribution is -0.118. The first-order valence-corrected chi connectivity index (χ1v) is 11.7. The Bertz CT molecular complexity index is 1180. The van der Waals surface area contributed by atoms with Crippen molar-refractivity contribution in [1.82, 2.24) is 14.8 Å². The van der Waals surface area contributed by atoms with Gasteiger partial charge in [0, 0.05) is 10.9 Å². The molecule has 1 atom stereocenters. The number of nitrogens with two attached hydrogens (primary N) is 1. The van der Waals surface area contributed by atoms with E-state index < -0.39 is 12.0 Å². The van der Waals surface area contributed by atoms with Crippen LogP contribution in [-0.2, 0) is 9.53 Å². The van der Waals surface area contributed by atoms with Gasteiger partial charge in [0.2, 0.25) is 11.9 Å². The van der Waals surface area contributed by atoms with Crippen LogP contribution >= 0.6 is 23.1 Å². The maximum Gasteiger partial charge on any atom is 0.341 e. The minimum Gasteiger partial charge on any atom is -0.486 e. The molecule has 1 amide bonds. The highest BCUT2D eigenvalue weighted by Crippen LogP contribution is 2.40. The average molecular weight is 476 g/mol. The number of carbonyl (C=O) groups is 2. The highest BCUT2D eigenvalue weighted by Gasteiger charge is 2.27. The van der Waals surface area contributed by atoms with E-state index in [1.54, 1.807) is 24.4 Å². The van der Waals surface area contributed by atoms with Gasteiger partial charge in [-0.25, -0.2) is 4.79 Å². The van der Waals surface area contributed by atoms with E-state index in [9.17, 15) is 9.59 Å². The fourth-order valence-corrected chi connectivity index (χ4v) is 4.83. The van der Waals surface area contributed by atoms with Gasteiger partial charge in [-0.2, -0.15) is 0 Å². The fraction of sp³-hybridized carbons (Fsp3) is 0.300. The van der Waals surface area contributed by atoms with Crippen molar-refractivity contribution in [3.8, 4) is 22.6 Å². The van der Waals surface area contributed by atoms with E-state index in [1.165, 1.54) is 34.8 Å². The Morgan fingerprint density at radius 1 is 1.28 bits per heavy atom. The molecule has 0 bridgehead atoms. The largest absolute Gasteiger partial charge is 0.486 e. The number of thioether (sulfide) groups is 1. The zero-order valence-corrected chi connectivity index (χ0v) is 19.2. The van der Waals surface area contributed by atoms with Gasteiger partial charge in [0.25, 0.3) is 0 Å². The van der Waals surface area contributed by atoms with Crippen molar-refractivity contribution < 1.29 is 23.8 Å². The van der Waals surface area contributed by atoms with Crippen LogP contribution in [0.5, 0.6) is 11.5 Å². The molecule has 10 nitrogen and oxygen atoms in total. The first-order valence-electron chi connectivity index (χ1n) is 9.59. The molecule has 1 aliphatic rings. The zero-order valence-electron chi connectivity index (χ0n) is 17.6. The zero-order chi connectivity index (χ0) is 22.8. The quantitative estimate of drug-likeness (QED) is 0.408. The summed E-state index contributed by atoms with van der Waals surface area (Å²) in [5.41, 5.74) is 7.51. The third-order valence-electron chi connectivity index (χ3n) is 4.91. The summed E-state index contributed by atoms with van der Waals surface area (Å²) < 4.78 is 17.7. The minimum absolute atomic E-state index is 0.133. The molecule has 3 N–H and O–H groups in total. The average Bonchev–Trinajstić information content (AvgIpc) is 3.40. The van der Waals surface area contributed by atoms with Crippen molar-refractivity contribution in [2.24, 2.45) is 0 Å². The lowest BCUT2D eigenvalue weighted by Crippen LogP contribution is -2.25. The summed E-state index contributed by atoms with van der Waals surface area (Å²) in [7, 11) is 1.30. The summed E-state index contributed by atoms with van der Waals surface area (Å²) >= 11 is 2.56. The summed E-state index contributed by atoms with van der Waals surface area (Å²) in [5.74, 6) is 0.449. The summed E-state index contributed by atoms with van der Waals surface area (Å²) in [5, 5.41) is 13.3. The first kappa shape index (κ1) is 22.0. The number of aromatic nitrogens is 3. The van der Waals surface area contributed by atoms with E-state index in [4.69, 9.17) is 19.9 Å². The predicted octanol–water partition coefficient (Wildman–Crippen LogP) is 3.07. The SMILES string of the molecule is COC(=O)c1c(-c2ccc3c(c2)OCCO3)csc1NC(=O)C(C)n1c(N)nnc1SC. The molecule has 168 valence electrons. The standard InChI is InChI=1S/C20H21N5O5S2/c1-10(25-19(21)23-24-20(25)31-3)16(26)22-17-15(18(27)28-2)12(9-32-17)11-4-5-13-14(8-11)30-7-6-29-13/h4-5,8-10H,6-7H2,1-3H3,(H2,21,23)(H,22,26). The van der Waals surface area contributed by atoms with Gasteiger partial charge in [-0.05, 0) is 30.9 Å². The predicted molar refractivity (Wildman–Crippen MR) is 122 cm³/mol. The Hall–Kier alpha value is -3.25. The van der Waals surface area contributed by atoms with Gasteiger partial charge in [0.1, 0.15) is 29.8 Å². The molecule has 32 heavy (non-hydrogen) atoms. The monoisotopic (exact) mass is 475 g/mol. The van der Waals surface area contributed by atoms with Crippen molar-refractivity contribution >= 4 is 45.9 Å². The molecule has 4 rings (SSSR count). The molecule has 1 unspecified atom stereocenters. The van der Waals surface area contributed by atoms with Crippen LogP contribution in [0.15, 0.2) is 28.7 Å². The number of fused-ring (bicyclic) bond motifs is 1. The maximum absolute atomic E-state index is 13.0. The molecule has 0 fully saturated rings. The van der Waals surface area contributed by atoms with E-state index in [-0.39, 0.29) is 17.4 Å². The summed E-state index contributed by atoms with van der Waals surface area (Å²) in [4.78, 5) is 25.6. The van der Waals surface area contributed by atoms with E-state index in [2.05, 4.69) is 15.5 Å². The number of rotatable bonds is 6. The number of nitrogens with one attached hydrogen (secondary N) is 1. The molecule has 0 spiro atoms. The Balaban J connectivity index is 1.67. The van der Waals surface area contributed by atoms with Crippen LogP contribution in [0.3, 0.4) is 0 Å². The second-order valence-corrected chi connectivity index (χ2v) is 8.44. The summed E-state index contributed by atoms with van der Waals surface area (Å²) in [6.07, 6.45) is 1.82. The van der Waals surface area contributed by atoms with Crippen LogP contribution < -0.4 is 20.5 Å². The number of nitrogens with zero attached hydrogens (tertiary/aromatic N) is 3. The number of benzene rings is 1. The van der Waals surface area contributed by atoms with E-state index in [0.717, 1.165) is 5.56 Å². The molecular formula is C20H21N5O5S2. The number of hydrogen-bond donors (Lipinski definition) is 2. The van der Waals surface area contributed by atoms with Gasteiger partial charge < -0.3 is 25.3 Å². The number of carbonyl (C=O) groups excluding carboxylic acids is 2. The van der Waals surface area contributed by atoms with Crippen LogP contribution in [0.25, 0.3) is 11.1 Å². The fourth-order valence-electron chi connectivity index (χ4n) is 3.30. The molecule has 0 aliphatic carbocycles. The summed E-state index contributed by atoms with van der Waals surface area (Å²) in [6, 6.07) is 4.73. The summed E-state index contributed by atoms with van der Waals surface area (Å²) in [6.45, 7) is 2.62. The smallest absolute Gasteiger partial charge is 0.341 e. The van der Waals surface area contributed by atoms with Crippen molar-refractivity contribution in [2.45, 2.75) is 18.1 Å². The highest BCUT2D eigenvalue weighted by atomic mass is 32.2. The first-order chi connectivity index (χ1) is 15.4. The molecule has 3 aromatic rings. The highest BCUT2D eigenvalue weighted by molar-refractivity contribution is 7.98. The number of anilines is 2. The topological polar surface area (TPSA) is 131 Å². The van der Waals surface area contributed by atoms with Gasteiger partial charge in [0.15, 0.2) is 16.7 Å². The van der Waals surface area contributed by atoms with Crippen LogP contribution in [-0.4, -0.2) is 53.2 Å². The van der Waals surface area contributed by atoms with Crippen molar-refractivity contribution in [2.75, 3.05) is 37.6 Å². The second-order valence-electron chi connectivity index (χ2n) is 6.78. The maximum atomic E-state index is 13.0. The van der Waals surface area contributed by atoms with Crippen molar-refractivity contribution in [3.63, 3.8) is 0 Å². The van der Waals surface area contributed by atoms with E-state index in [1.807, 2.05) is 12.3 Å². The Morgan fingerprint density at radius 2 is 2.03 bits per heavy atom. The number of ether oxygens (including phenoxy) is 3. The molecule has 1 aromatic carbocycles. The van der Waals surface area contributed by atoms with Gasteiger partial charge in [0.05, 0.1) is 7.11 Å². The Morgan fingerprint density at radius 3 is 2.75 bits per heavy atom. The van der Waals surface area contributed by atoms with Crippen LogP contribution in [0, 0.1) is 0 Å². The Kier molecular flexibility index (Phi) is 6.24. The number of nitrogen functional groups attached to an aromatic ring is 1. The Labute approximate surface area is 192 Å². The van der Waals surface area contributed by atoms with Crippen LogP contribution in [0.1, 0.15) is 23.3 Å². The third-order valence-corrected chi connectivity index (χ3v) is 6.45. The van der Waals surface area contributed by atoms with E-state index in [0.29, 0.717) is 40.4 Å². The van der Waals surface area contributed by atoms with Crippen LogP contribution in [0.2, 0.25) is 0 Å². The second kappa shape index (κ2) is 9.09. The van der Waals surface area contributed by atoms with Gasteiger partial charge in [-0.1, -0.05) is 17.8 Å². The minimum atomic E-state index is -0.696. The molecule has 0 saturated carbocycles. The normalized spacial score (nSPS) is 13.5. The molecule has 0 radical (unpaired) electrons. The molecule has 2 aromatic heterocycles. The number of methoxy groups -OCH3 is 1. The third kappa shape index (κ3) is 3.98. The van der Waals surface area contributed by atoms with Crippen LogP contribution in [0.4, 0.5) is 10.9 Å². The molecular weight excluding hydrogens is 454 g/mol. The number of amides is 1. The number of hydrogen-bond acceptors (Lipinski definition) is 10. The lowest BCUT2D eigenvalue weighted by Gasteiger charge is -2.19. The molecule has 1 aliphatic heterocycles.